The first kappa shape index (κ1) is 17.2. The van der Waals surface area contributed by atoms with Gasteiger partial charge in [-0.05, 0) is 25.3 Å². The van der Waals surface area contributed by atoms with Crippen molar-refractivity contribution in [3.05, 3.63) is 42.2 Å². The monoisotopic (exact) mass is 341 g/mol. The van der Waals surface area contributed by atoms with Crippen LogP contribution >= 0.6 is 0 Å². The van der Waals surface area contributed by atoms with E-state index in [4.69, 9.17) is 0 Å². The number of aliphatic carboxylic acids is 1. The molecule has 3 rings (SSSR count). The number of imidazole rings is 1. The number of nitrogens with zero attached hydrogens (tertiary/aromatic N) is 3. The number of hydrogen-bond acceptors (Lipinski definition) is 3. The molecule has 2 aromatic rings. The van der Waals surface area contributed by atoms with E-state index in [-0.39, 0.29) is 18.4 Å². The summed E-state index contributed by atoms with van der Waals surface area (Å²) in [5.74, 6) is -0.398. The van der Waals surface area contributed by atoms with Gasteiger partial charge in [0.25, 0.3) is 0 Å². The van der Waals surface area contributed by atoms with Gasteiger partial charge in [-0.3, -0.25) is 9.59 Å². The van der Waals surface area contributed by atoms with E-state index in [1.54, 1.807) is 11.1 Å². The molecule has 0 unspecified atom stereocenters. The SMILES string of the molecule is C[C@H]1CC[C@@H](C(=O)O)CN1C(=O)Cc1ccc(-c2nccn2C)cc1. The molecular formula is C19H23N3O3. The molecule has 132 valence electrons. The number of aromatic nitrogens is 2. The molecule has 0 aliphatic carbocycles. The van der Waals surface area contributed by atoms with Crippen molar-refractivity contribution < 1.29 is 14.7 Å². The van der Waals surface area contributed by atoms with Crippen LogP contribution in [0.25, 0.3) is 11.4 Å². The maximum absolute atomic E-state index is 12.6. The standard InChI is InChI=1S/C19H23N3O3/c1-13-3-6-16(19(24)25)12-22(13)17(23)11-14-4-7-15(8-5-14)18-20-9-10-21(18)2/h4-5,7-10,13,16H,3,6,11-12H2,1-2H3,(H,24,25)/t13-,16+/m0/s1. The minimum atomic E-state index is -0.816. The zero-order valence-electron chi connectivity index (χ0n) is 14.6. The van der Waals surface area contributed by atoms with Crippen molar-refractivity contribution in [1.29, 1.82) is 0 Å². The Hall–Kier alpha value is -2.63. The minimum Gasteiger partial charge on any atom is -0.481 e. The van der Waals surface area contributed by atoms with Crippen molar-refractivity contribution in [2.24, 2.45) is 13.0 Å². The highest BCUT2D eigenvalue weighted by Gasteiger charge is 2.32. The van der Waals surface area contributed by atoms with Crippen LogP contribution in [0.2, 0.25) is 0 Å². The second-order valence-corrected chi connectivity index (χ2v) is 6.74. The number of piperidine rings is 1. The maximum atomic E-state index is 12.6. The Morgan fingerprint density at radius 2 is 1.96 bits per heavy atom. The van der Waals surface area contributed by atoms with Crippen molar-refractivity contribution in [3.8, 4) is 11.4 Å². The van der Waals surface area contributed by atoms with Crippen LogP contribution in [0.15, 0.2) is 36.7 Å². The molecule has 1 aliphatic rings. The van der Waals surface area contributed by atoms with Gasteiger partial charge in [-0.25, -0.2) is 4.98 Å². The molecule has 1 aromatic heterocycles. The molecule has 2 heterocycles. The molecule has 2 atom stereocenters. The van der Waals surface area contributed by atoms with Crippen LogP contribution in [0.1, 0.15) is 25.3 Å². The molecule has 6 heteroatoms. The fraction of sp³-hybridized carbons (Fsp3) is 0.421. The van der Waals surface area contributed by atoms with Crippen LogP contribution in [0, 0.1) is 5.92 Å². The third-order valence-corrected chi connectivity index (χ3v) is 4.94. The lowest BCUT2D eigenvalue weighted by molar-refractivity contribution is -0.146. The molecule has 1 aliphatic heterocycles. The molecule has 1 N–H and O–H groups in total. The summed E-state index contributed by atoms with van der Waals surface area (Å²) < 4.78 is 1.95. The Balaban J connectivity index is 1.68. The molecule has 25 heavy (non-hydrogen) atoms. The Labute approximate surface area is 147 Å². The van der Waals surface area contributed by atoms with Crippen molar-refractivity contribution in [2.45, 2.75) is 32.2 Å². The van der Waals surface area contributed by atoms with Crippen molar-refractivity contribution in [2.75, 3.05) is 6.54 Å². The zero-order chi connectivity index (χ0) is 18.0. The van der Waals surface area contributed by atoms with E-state index < -0.39 is 11.9 Å². The first-order chi connectivity index (χ1) is 12.0. The molecule has 0 bridgehead atoms. The number of carboxylic acids is 1. The van der Waals surface area contributed by atoms with E-state index in [1.807, 2.05) is 49.0 Å². The molecule has 0 saturated carbocycles. The summed E-state index contributed by atoms with van der Waals surface area (Å²) in [6.45, 7) is 2.29. The molecule has 1 saturated heterocycles. The lowest BCUT2D eigenvalue weighted by Gasteiger charge is -2.36. The first-order valence-electron chi connectivity index (χ1n) is 8.54. The predicted molar refractivity (Wildman–Crippen MR) is 93.9 cm³/mol. The fourth-order valence-corrected chi connectivity index (χ4v) is 3.35. The fourth-order valence-electron chi connectivity index (χ4n) is 3.35. The van der Waals surface area contributed by atoms with Crippen LogP contribution in [0.5, 0.6) is 0 Å². The van der Waals surface area contributed by atoms with E-state index in [0.29, 0.717) is 13.0 Å². The average Bonchev–Trinajstić information content (AvgIpc) is 3.01. The summed E-state index contributed by atoms with van der Waals surface area (Å²) in [7, 11) is 1.94. The molecule has 0 radical (unpaired) electrons. The van der Waals surface area contributed by atoms with E-state index >= 15 is 0 Å². The van der Waals surface area contributed by atoms with Crippen LogP contribution in [-0.4, -0.2) is 44.0 Å². The number of benzene rings is 1. The number of carbonyl (C=O) groups excluding carboxylic acids is 1. The normalized spacial score (nSPS) is 20.5. The zero-order valence-corrected chi connectivity index (χ0v) is 14.6. The van der Waals surface area contributed by atoms with Crippen LogP contribution in [0.3, 0.4) is 0 Å². The summed E-state index contributed by atoms with van der Waals surface area (Å²) in [6, 6.07) is 7.89. The van der Waals surface area contributed by atoms with Crippen molar-refractivity contribution >= 4 is 11.9 Å². The number of likely N-dealkylation sites (tertiary alicyclic amines) is 1. The molecular weight excluding hydrogens is 318 g/mol. The van der Waals surface area contributed by atoms with Crippen molar-refractivity contribution in [1.82, 2.24) is 14.5 Å². The highest BCUT2D eigenvalue weighted by atomic mass is 16.4. The summed E-state index contributed by atoms with van der Waals surface area (Å²) >= 11 is 0. The summed E-state index contributed by atoms with van der Waals surface area (Å²) in [5, 5.41) is 9.21. The van der Waals surface area contributed by atoms with Gasteiger partial charge in [-0.1, -0.05) is 24.3 Å². The van der Waals surface area contributed by atoms with Gasteiger partial charge in [0, 0.05) is 37.6 Å². The smallest absolute Gasteiger partial charge is 0.308 e. The van der Waals surface area contributed by atoms with Gasteiger partial charge in [-0.15, -0.1) is 0 Å². The Morgan fingerprint density at radius 3 is 2.56 bits per heavy atom. The number of rotatable bonds is 4. The topological polar surface area (TPSA) is 75.4 Å². The van der Waals surface area contributed by atoms with Gasteiger partial charge in [-0.2, -0.15) is 0 Å². The van der Waals surface area contributed by atoms with Gasteiger partial charge in [0.2, 0.25) is 5.91 Å². The number of hydrogen-bond donors (Lipinski definition) is 1. The largest absolute Gasteiger partial charge is 0.481 e. The van der Waals surface area contributed by atoms with Gasteiger partial charge >= 0.3 is 5.97 Å². The lowest BCUT2D eigenvalue weighted by atomic mass is 9.93. The number of carboxylic acid groups (broad SMARTS) is 1. The number of aryl methyl sites for hydroxylation is 1. The van der Waals surface area contributed by atoms with Crippen LogP contribution in [0.4, 0.5) is 0 Å². The van der Waals surface area contributed by atoms with Crippen LogP contribution in [-0.2, 0) is 23.1 Å². The van der Waals surface area contributed by atoms with Crippen molar-refractivity contribution in [3.63, 3.8) is 0 Å². The summed E-state index contributed by atoms with van der Waals surface area (Å²) in [6.07, 6.45) is 5.31. The Kier molecular flexibility index (Phi) is 4.88. The number of amides is 1. The maximum Gasteiger partial charge on any atom is 0.308 e. The van der Waals surface area contributed by atoms with E-state index in [2.05, 4.69) is 4.98 Å². The number of carbonyl (C=O) groups is 2. The van der Waals surface area contributed by atoms with Gasteiger partial charge in [0.1, 0.15) is 5.82 Å². The Bertz CT molecular complexity index is 766. The summed E-state index contributed by atoms with van der Waals surface area (Å²) in [5.41, 5.74) is 1.92. The van der Waals surface area contributed by atoms with E-state index in [0.717, 1.165) is 23.4 Å². The van der Waals surface area contributed by atoms with Gasteiger partial charge in [0.15, 0.2) is 0 Å². The highest BCUT2D eigenvalue weighted by molar-refractivity contribution is 5.80. The first-order valence-corrected chi connectivity index (χ1v) is 8.54. The second kappa shape index (κ2) is 7.09. The van der Waals surface area contributed by atoms with Gasteiger partial charge in [0.05, 0.1) is 12.3 Å². The van der Waals surface area contributed by atoms with E-state index in [1.165, 1.54) is 0 Å². The minimum absolute atomic E-state index is 0.0109. The van der Waals surface area contributed by atoms with Gasteiger partial charge < -0.3 is 14.6 Å². The Morgan fingerprint density at radius 1 is 1.24 bits per heavy atom. The summed E-state index contributed by atoms with van der Waals surface area (Å²) in [4.78, 5) is 29.9. The third kappa shape index (κ3) is 3.73. The average molecular weight is 341 g/mol. The second-order valence-electron chi connectivity index (χ2n) is 6.74. The van der Waals surface area contributed by atoms with E-state index in [9.17, 15) is 14.7 Å². The van der Waals surface area contributed by atoms with Crippen LogP contribution < -0.4 is 0 Å². The molecule has 6 nitrogen and oxygen atoms in total. The third-order valence-electron chi connectivity index (χ3n) is 4.94. The molecule has 1 fully saturated rings. The lowest BCUT2D eigenvalue weighted by Crippen LogP contribution is -2.47. The molecule has 1 aromatic carbocycles. The molecule has 1 amide bonds. The molecule has 0 spiro atoms. The predicted octanol–water partition coefficient (Wildman–Crippen LogP) is 2.34. The highest BCUT2D eigenvalue weighted by Crippen LogP contribution is 2.23. The quantitative estimate of drug-likeness (QED) is 0.926.